The Labute approximate surface area is 207 Å². The molecule has 5 rings (SSSR count). The first-order chi connectivity index (χ1) is 17.5. The number of hydrogen-bond donors (Lipinski definition) is 1. The molecule has 0 bridgehead atoms. The first-order valence-corrected chi connectivity index (χ1v) is 11.3. The van der Waals surface area contributed by atoms with E-state index in [2.05, 4.69) is 15.5 Å². The van der Waals surface area contributed by atoms with Crippen LogP contribution in [0.3, 0.4) is 0 Å². The summed E-state index contributed by atoms with van der Waals surface area (Å²) in [5.74, 6) is 1.39. The number of imide groups is 1. The Morgan fingerprint density at radius 1 is 0.806 bits per heavy atom. The number of hydrogen-bond acceptors (Lipinski definition) is 7. The highest BCUT2D eigenvalue weighted by Crippen LogP contribution is 2.38. The van der Waals surface area contributed by atoms with Crippen LogP contribution in [0.25, 0.3) is 0 Å². The normalized spacial score (nSPS) is 14.6. The second-order valence-corrected chi connectivity index (χ2v) is 8.28. The lowest BCUT2D eigenvalue weighted by Crippen LogP contribution is -2.45. The number of carbonyl (C=O) groups excluding carboxylic acids is 2. The van der Waals surface area contributed by atoms with Crippen LogP contribution in [0.5, 0.6) is 11.5 Å². The van der Waals surface area contributed by atoms with Crippen LogP contribution in [0.15, 0.2) is 83.3 Å². The van der Waals surface area contributed by atoms with Gasteiger partial charge in [0.15, 0.2) is 5.54 Å². The molecule has 1 N–H and O–H groups in total. The van der Waals surface area contributed by atoms with Crippen molar-refractivity contribution in [3.8, 4) is 11.5 Å². The molecule has 0 unspecified atom stereocenters. The lowest BCUT2D eigenvalue weighted by atomic mass is 9.82. The minimum atomic E-state index is -1.44. The van der Waals surface area contributed by atoms with Crippen molar-refractivity contribution in [3.05, 3.63) is 107 Å². The summed E-state index contributed by atoms with van der Waals surface area (Å²) in [5.41, 5.74) is 0.748. The molecule has 0 aliphatic carbocycles. The predicted molar refractivity (Wildman–Crippen MR) is 129 cm³/mol. The fraction of sp³-hybridized carbons (Fsp3) is 0.185. The molecule has 2 heterocycles. The maximum absolute atomic E-state index is 13.9. The Bertz CT molecular complexity index is 1320. The van der Waals surface area contributed by atoms with E-state index in [-0.39, 0.29) is 12.4 Å². The van der Waals surface area contributed by atoms with Gasteiger partial charge in [-0.25, -0.2) is 4.79 Å². The molecule has 1 fully saturated rings. The minimum absolute atomic E-state index is 0.152. The van der Waals surface area contributed by atoms with Gasteiger partial charge in [-0.15, -0.1) is 10.2 Å². The van der Waals surface area contributed by atoms with E-state index in [1.807, 2.05) is 30.3 Å². The molecule has 1 saturated heterocycles. The molecule has 0 saturated carbocycles. The number of amides is 3. The Morgan fingerprint density at radius 2 is 1.36 bits per heavy atom. The second kappa shape index (κ2) is 9.53. The van der Waals surface area contributed by atoms with E-state index >= 15 is 0 Å². The average molecular weight is 485 g/mol. The summed E-state index contributed by atoms with van der Waals surface area (Å²) in [7, 11) is 3.13. The molecular formula is C27H24N4O5. The van der Waals surface area contributed by atoms with Crippen LogP contribution in [0.2, 0.25) is 0 Å². The zero-order chi connectivity index (χ0) is 25.1. The maximum atomic E-state index is 13.9. The molecule has 9 heteroatoms. The van der Waals surface area contributed by atoms with E-state index in [9.17, 15) is 9.59 Å². The summed E-state index contributed by atoms with van der Waals surface area (Å²) in [6, 6.07) is 23.2. The Hall–Kier alpha value is -4.66. The molecule has 4 aromatic rings. The summed E-state index contributed by atoms with van der Waals surface area (Å²) in [4.78, 5) is 28.2. The van der Waals surface area contributed by atoms with Crippen LogP contribution in [-0.4, -0.2) is 41.3 Å². The van der Waals surface area contributed by atoms with Gasteiger partial charge >= 0.3 is 6.03 Å². The number of ether oxygens (including phenoxy) is 2. The van der Waals surface area contributed by atoms with E-state index in [4.69, 9.17) is 13.9 Å². The van der Waals surface area contributed by atoms with E-state index in [1.54, 1.807) is 62.8 Å². The molecule has 1 aromatic heterocycles. The zero-order valence-electron chi connectivity index (χ0n) is 19.8. The van der Waals surface area contributed by atoms with Crippen molar-refractivity contribution in [2.45, 2.75) is 18.5 Å². The lowest BCUT2D eigenvalue weighted by Gasteiger charge is -2.28. The number of carbonyl (C=O) groups is 2. The van der Waals surface area contributed by atoms with Gasteiger partial charge in [0, 0.05) is 0 Å². The van der Waals surface area contributed by atoms with E-state index in [0.29, 0.717) is 34.9 Å². The quantitative estimate of drug-likeness (QED) is 0.380. The molecule has 0 atom stereocenters. The van der Waals surface area contributed by atoms with Gasteiger partial charge in [0.1, 0.15) is 18.0 Å². The molecule has 3 aromatic carbocycles. The van der Waals surface area contributed by atoms with Crippen molar-refractivity contribution in [1.29, 1.82) is 0 Å². The zero-order valence-corrected chi connectivity index (χ0v) is 19.8. The third-order valence-corrected chi connectivity index (χ3v) is 6.15. The van der Waals surface area contributed by atoms with Crippen LogP contribution in [-0.2, 0) is 23.3 Å². The summed E-state index contributed by atoms with van der Waals surface area (Å²) >= 11 is 0. The Kier molecular flexibility index (Phi) is 6.12. The molecular weight excluding hydrogens is 460 g/mol. The number of rotatable bonds is 8. The van der Waals surface area contributed by atoms with Crippen molar-refractivity contribution in [2.24, 2.45) is 0 Å². The molecule has 3 amide bonds. The first kappa shape index (κ1) is 23.1. The molecule has 1 aliphatic heterocycles. The maximum Gasteiger partial charge on any atom is 0.326 e. The molecule has 0 radical (unpaired) electrons. The third-order valence-electron chi connectivity index (χ3n) is 6.15. The fourth-order valence-corrected chi connectivity index (χ4v) is 4.29. The second-order valence-electron chi connectivity index (χ2n) is 8.28. The van der Waals surface area contributed by atoms with Gasteiger partial charge in [-0.05, 0) is 41.0 Å². The van der Waals surface area contributed by atoms with Crippen LogP contribution in [0.1, 0.15) is 28.5 Å². The number of urea groups is 1. The van der Waals surface area contributed by atoms with Crippen molar-refractivity contribution in [2.75, 3.05) is 14.2 Å². The van der Waals surface area contributed by atoms with E-state index in [1.165, 1.54) is 0 Å². The number of nitrogens with zero attached hydrogens (tertiary/aromatic N) is 3. The van der Waals surface area contributed by atoms with Crippen LogP contribution in [0, 0.1) is 0 Å². The van der Waals surface area contributed by atoms with Crippen molar-refractivity contribution >= 4 is 11.9 Å². The monoisotopic (exact) mass is 484 g/mol. The van der Waals surface area contributed by atoms with Gasteiger partial charge in [-0.2, -0.15) is 0 Å². The summed E-state index contributed by atoms with van der Waals surface area (Å²) in [6.45, 7) is -0.152. The Balaban J connectivity index is 1.46. The molecule has 9 nitrogen and oxygen atoms in total. The lowest BCUT2D eigenvalue weighted by molar-refractivity contribution is -0.130. The van der Waals surface area contributed by atoms with Gasteiger partial charge in [-0.3, -0.25) is 9.69 Å². The number of methoxy groups -OCH3 is 2. The minimum Gasteiger partial charge on any atom is -0.497 e. The summed E-state index contributed by atoms with van der Waals surface area (Å²) in [5, 5.41) is 11.0. The van der Waals surface area contributed by atoms with E-state index < -0.39 is 17.5 Å². The molecule has 182 valence electrons. The van der Waals surface area contributed by atoms with Gasteiger partial charge in [0.25, 0.3) is 5.91 Å². The van der Waals surface area contributed by atoms with Crippen molar-refractivity contribution < 1.29 is 23.5 Å². The predicted octanol–water partition coefficient (Wildman–Crippen LogP) is 3.67. The summed E-state index contributed by atoms with van der Waals surface area (Å²) in [6.07, 6.45) is 0.454. The van der Waals surface area contributed by atoms with Crippen LogP contribution >= 0.6 is 0 Å². The SMILES string of the molecule is COc1ccc(C2(c3ccc(OC)cc3)NC(=O)N(Cc3nnc(Cc4ccccc4)o3)C2=O)cc1. The number of nitrogens with one attached hydrogen (secondary N) is 1. The first-order valence-electron chi connectivity index (χ1n) is 11.3. The number of benzene rings is 3. The van der Waals surface area contributed by atoms with Gasteiger partial charge in [0.05, 0.1) is 20.6 Å². The highest BCUT2D eigenvalue weighted by atomic mass is 16.5. The third kappa shape index (κ3) is 4.15. The smallest absolute Gasteiger partial charge is 0.326 e. The van der Waals surface area contributed by atoms with Crippen LogP contribution in [0.4, 0.5) is 4.79 Å². The molecule has 1 aliphatic rings. The standard InChI is InChI=1S/C27H24N4O5/c1-34-21-12-8-19(9-13-21)27(20-10-14-22(35-2)15-11-20)25(32)31(26(33)28-27)17-24-30-29-23(36-24)16-18-6-4-3-5-7-18/h3-15H,16-17H2,1-2H3,(H,28,33). The molecule has 36 heavy (non-hydrogen) atoms. The topological polar surface area (TPSA) is 107 Å². The largest absolute Gasteiger partial charge is 0.497 e. The fourth-order valence-electron chi connectivity index (χ4n) is 4.29. The van der Waals surface area contributed by atoms with Crippen molar-refractivity contribution in [3.63, 3.8) is 0 Å². The molecule has 0 spiro atoms. The highest BCUT2D eigenvalue weighted by Gasteiger charge is 2.54. The van der Waals surface area contributed by atoms with Crippen LogP contribution < -0.4 is 14.8 Å². The van der Waals surface area contributed by atoms with Crippen molar-refractivity contribution in [1.82, 2.24) is 20.4 Å². The Morgan fingerprint density at radius 3 is 1.92 bits per heavy atom. The van der Waals surface area contributed by atoms with Gasteiger partial charge in [-0.1, -0.05) is 54.6 Å². The average Bonchev–Trinajstić information content (AvgIpc) is 3.47. The van der Waals surface area contributed by atoms with Gasteiger partial charge in [0.2, 0.25) is 11.8 Å². The highest BCUT2D eigenvalue weighted by molar-refractivity contribution is 6.09. The van der Waals surface area contributed by atoms with E-state index in [0.717, 1.165) is 10.5 Å². The summed E-state index contributed by atoms with van der Waals surface area (Å²) < 4.78 is 16.3. The van der Waals surface area contributed by atoms with Gasteiger partial charge < -0.3 is 19.2 Å². The number of aromatic nitrogens is 2.